The van der Waals surface area contributed by atoms with E-state index in [0.717, 1.165) is 16.7 Å². The van der Waals surface area contributed by atoms with E-state index in [2.05, 4.69) is 10.0 Å². The first-order valence-corrected chi connectivity index (χ1v) is 12.6. The molecule has 3 aromatic rings. The van der Waals surface area contributed by atoms with Crippen molar-refractivity contribution in [1.82, 2.24) is 10.0 Å². The lowest BCUT2D eigenvalue weighted by Crippen LogP contribution is -2.48. The number of carbonyl (C=O) groups excluding carboxylic acids is 1. The van der Waals surface area contributed by atoms with Gasteiger partial charge in [-0.15, -0.1) is 0 Å². The molecule has 0 heterocycles. The molecule has 0 bridgehead atoms. The lowest BCUT2D eigenvalue weighted by molar-refractivity contribution is -0.123. The second kappa shape index (κ2) is 10.5. The van der Waals surface area contributed by atoms with Gasteiger partial charge in [-0.2, -0.15) is 4.72 Å². The third-order valence-electron chi connectivity index (χ3n) is 5.50. The first-order valence-electron chi connectivity index (χ1n) is 10.8. The molecule has 174 valence electrons. The van der Waals surface area contributed by atoms with Gasteiger partial charge in [-0.1, -0.05) is 71.8 Å². The molecule has 0 aromatic heterocycles. The van der Waals surface area contributed by atoms with Crippen LogP contribution in [0.1, 0.15) is 40.8 Å². The lowest BCUT2D eigenvalue weighted by atomic mass is 10.0. The number of aryl methyl sites for hydroxylation is 3. The second-order valence-electron chi connectivity index (χ2n) is 8.37. The number of nitrogens with one attached hydrogen (secondary N) is 2. The molecule has 33 heavy (non-hydrogen) atoms. The van der Waals surface area contributed by atoms with Gasteiger partial charge in [0.2, 0.25) is 15.9 Å². The Bertz CT molecular complexity index is 1200. The Kier molecular flexibility index (Phi) is 7.95. The van der Waals surface area contributed by atoms with Crippen LogP contribution in [0.3, 0.4) is 0 Å². The number of amides is 1. The van der Waals surface area contributed by atoms with Crippen LogP contribution < -0.4 is 10.0 Å². The van der Waals surface area contributed by atoms with Crippen molar-refractivity contribution in [3.63, 3.8) is 0 Å². The van der Waals surface area contributed by atoms with Gasteiger partial charge in [0.1, 0.15) is 6.04 Å². The number of carbonyl (C=O) groups is 1. The Morgan fingerprint density at radius 1 is 0.939 bits per heavy atom. The SMILES string of the molecule is Cc1cc(C)c(S(=O)(=O)N[C@@H](Cc2ccccc2)C(=O)N[C@@H](C)c2ccc(Cl)cc2)c(C)c1. The van der Waals surface area contributed by atoms with E-state index in [-0.39, 0.29) is 17.4 Å². The van der Waals surface area contributed by atoms with E-state index in [4.69, 9.17) is 11.6 Å². The molecular weight excluding hydrogens is 456 g/mol. The molecule has 7 heteroatoms. The molecule has 3 rings (SSSR count). The minimum atomic E-state index is -3.94. The van der Waals surface area contributed by atoms with E-state index in [1.54, 1.807) is 26.0 Å². The van der Waals surface area contributed by atoms with E-state index < -0.39 is 22.0 Å². The zero-order valence-electron chi connectivity index (χ0n) is 19.2. The first-order chi connectivity index (χ1) is 15.6. The second-order valence-corrected chi connectivity index (χ2v) is 10.5. The molecule has 2 N–H and O–H groups in total. The van der Waals surface area contributed by atoms with Gasteiger partial charge in [0.15, 0.2) is 0 Å². The van der Waals surface area contributed by atoms with Crippen molar-refractivity contribution in [1.29, 1.82) is 0 Å². The molecule has 0 aliphatic rings. The van der Waals surface area contributed by atoms with Crippen LogP contribution in [-0.4, -0.2) is 20.4 Å². The normalized spacial score (nSPS) is 13.4. The Labute approximate surface area is 201 Å². The van der Waals surface area contributed by atoms with Crippen LogP contribution in [0.25, 0.3) is 0 Å². The number of sulfonamides is 1. The van der Waals surface area contributed by atoms with Crippen molar-refractivity contribution in [3.8, 4) is 0 Å². The minimum absolute atomic E-state index is 0.213. The number of hydrogen-bond acceptors (Lipinski definition) is 3. The number of benzene rings is 3. The first kappa shape index (κ1) is 25.0. The molecule has 0 radical (unpaired) electrons. The molecule has 0 saturated heterocycles. The van der Waals surface area contributed by atoms with Crippen LogP contribution >= 0.6 is 11.6 Å². The highest BCUT2D eigenvalue weighted by molar-refractivity contribution is 7.89. The molecule has 0 spiro atoms. The lowest BCUT2D eigenvalue weighted by Gasteiger charge is -2.23. The maximum atomic E-state index is 13.4. The van der Waals surface area contributed by atoms with Gasteiger partial charge < -0.3 is 5.32 Å². The molecular formula is C26H29ClN2O3S. The number of rotatable bonds is 8. The summed E-state index contributed by atoms with van der Waals surface area (Å²) in [7, 11) is -3.94. The Hall–Kier alpha value is -2.67. The van der Waals surface area contributed by atoms with Crippen molar-refractivity contribution < 1.29 is 13.2 Å². The molecule has 0 aliphatic carbocycles. The number of halogens is 1. The molecule has 0 aliphatic heterocycles. The number of hydrogen-bond donors (Lipinski definition) is 2. The van der Waals surface area contributed by atoms with Gasteiger partial charge in [-0.3, -0.25) is 4.79 Å². The van der Waals surface area contributed by atoms with Crippen molar-refractivity contribution in [3.05, 3.63) is 99.6 Å². The third kappa shape index (κ3) is 6.44. The summed E-state index contributed by atoms with van der Waals surface area (Å²) in [5, 5.41) is 3.55. The van der Waals surface area contributed by atoms with Crippen molar-refractivity contribution in [2.24, 2.45) is 0 Å². The summed E-state index contributed by atoms with van der Waals surface area (Å²) in [6.45, 7) is 7.31. The monoisotopic (exact) mass is 484 g/mol. The molecule has 3 aromatic carbocycles. The van der Waals surface area contributed by atoms with Crippen molar-refractivity contribution in [2.75, 3.05) is 0 Å². The zero-order valence-corrected chi connectivity index (χ0v) is 20.8. The van der Waals surface area contributed by atoms with E-state index in [0.29, 0.717) is 16.1 Å². The van der Waals surface area contributed by atoms with E-state index in [1.165, 1.54) is 0 Å². The van der Waals surface area contributed by atoms with Crippen molar-refractivity contribution >= 4 is 27.5 Å². The van der Waals surface area contributed by atoms with Gasteiger partial charge in [0.05, 0.1) is 10.9 Å². The summed E-state index contributed by atoms with van der Waals surface area (Å²) in [6, 6.07) is 18.9. The van der Waals surface area contributed by atoms with E-state index in [1.807, 2.05) is 68.4 Å². The predicted molar refractivity (Wildman–Crippen MR) is 133 cm³/mol. The summed E-state index contributed by atoms with van der Waals surface area (Å²) in [6.07, 6.45) is 0.225. The van der Waals surface area contributed by atoms with E-state index >= 15 is 0 Å². The van der Waals surface area contributed by atoms with Crippen molar-refractivity contribution in [2.45, 2.75) is 51.1 Å². The smallest absolute Gasteiger partial charge is 0.241 e. The van der Waals surface area contributed by atoms with Crippen LogP contribution in [0.5, 0.6) is 0 Å². The highest BCUT2D eigenvalue weighted by Crippen LogP contribution is 2.23. The van der Waals surface area contributed by atoms with Crippen LogP contribution in [0, 0.1) is 20.8 Å². The molecule has 0 saturated carbocycles. The van der Waals surface area contributed by atoms with E-state index in [9.17, 15) is 13.2 Å². The van der Waals surface area contributed by atoms with Gasteiger partial charge >= 0.3 is 0 Å². The van der Waals surface area contributed by atoms with Gasteiger partial charge in [0, 0.05) is 5.02 Å². The zero-order chi connectivity index (χ0) is 24.2. The van der Waals surface area contributed by atoms with Crippen LogP contribution in [0.2, 0.25) is 5.02 Å². The van der Waals surface area contributed by atoms with Gasteiger partial charge in [0.25, 0.3) is 0 Å². The fraction of sp³-hybridized carbons (Fsp3) is 0.269. The molecule has 5 nitrogen and oxygen atoms in total. The van der Waals surface area contributed by atoms with Gasteiger partial charge in [-0.25, -0.2) is 8.42 Å². The third-order valence-corrected chi connectivity index (χ3v) is 7.53. The highest BCUT2D eigenvalue weighted by atomic mass is 35.5. The summed E-state index contributed by atoms with van der Waals surface area (Å²) < 4.78 is 29.4. The summed E-state index contributed by atoms with van der Waals surface area (Å²) in [4.78, 5) is 13.5. The average Bonchev–Trinajstić information content (AvgIpc) is 2.73. The summed E-state index contributed by atoms with van der Waals surface area (Å²) in [5.74, 6) is -0.396. The standard InChI is InChI=1S/C26H29ClN2O3S/c1-17-14-18(2)25(19(3)15-17)33(31,32)29-24(16-21-8-6-5-7-9-21)26(30)28-20(4)22-10-12-23(27)13-11-22/h5-15,20,24,29H,16H2,1-4H3,(H,28,30)/t20-,24-/m0/s1. The summed E-state index contributed by atoms with van der Waals surface area (Å²) in [5.41, 5.74) is 4.01. The Balaban J connectivity index is 1.89. The predicted octanol–water partition coefficient (Wildman–Crippen LogP) is 5.03. The molecule has 0 unspecified atom stereocenters. The maximum Gasteiger partial charge on any atom is 0.241 e. The fourth-order valence-corrected chi connectivity index (χ4v) is 5.80. The Morgan fingerprint density at radius 2 is 1.52 bits per heavy atom. The van der Waals surface area contributed by atoms with Crippen LogP contribution in [-0.2, 0) is 21.2 Å². The largest absolute Gasteiger partial charge is 0.348 e. The molecule has 2 atom stereocenters. The maximum absolute atomic E-state index is 13.4. The quantitative estimate of drug-likeness (QED) is 0.470. The summed E-state index contributed by atoms with van der Waals surface area (Å²) >= 11 is 5.96. The molecule has 0 fully saturated rings. The minimum Gasteiger partial charge on any atom is -0.348 e. The van der Waals surface area contributed by atoms with Crippen LogP contribution in [0.15, 0.2) is 71.6 Å². The van der Waals surface area contributed by atoms with Crippen LogP contribution in [0.4, 0.5) is 0 Å². The fourth-order valence-electron chi connectivity index (χ4n) is 4.02. The van der Waals surface area contributed by atoms with Gasteiger partial charge in [-0.05, 0) is 68.5 Å². The highest BCUT2D eigenvalue weighted by Gasteiger charge is 2.29. The molecule has 1 amide bonds. The topological polar surface area (TPSA) is 75.3 Å². The Morgan fingerprint density at radius 3 is 2.09 bits per heavy atom. The average molecular weight is 485 g/mol.